The van der Waals surface area contributed by atoms with Gasteiger partial charge in [-0.05, 0) is 36.8 Å². The molecular formula is C15H17FN2O. The van der Waals surface area contributed by atoms with Crippen LogP contribution < -0.4 is 10.1 Å². The van der Waals surface area contributed by atoms with Gasteiger partial charge >= 0.3 is 0 Å². The molecule has 0 amide bonds. The SMILES string of the molecule is COc1ccc(CNCc2cccc(C)n2)cc1F. The summed E-state index contributed by atoms with van der Waals surface area (Å²) in [5.41, 5.74) is 2.86. The molecule has 0 atom stereocenters. The zero-order valence-electron chi connectivity index (χ0n) is 11.1. The van der Waals surface area contributed by atoms with E-state index >= 15 is 0 Å². The minimum Gasteiger partial charge on any atom is -0.494 e. The minimum absolute atomic E-state index is 0.268. The summed E-state index contributed by atoms with van der Waals surface area (Å²) in [4.78, 5) is 4.39. The van der Waals surface area contributed by atoms with Crippen LogP contribution in [0.5, 0.6) is 5.75 Å². The third-order valence-corrected chi connectivity index (χ3v) is 2.80. The first-order valence-electron chi connectivity index (χ1n) is 6.14. The van der Waals surface area contributed by atoms with Crippen LogP contribution in [0.2, 0.25) is 0 Å². The number of hydrogen-bond donors (Lipinski definition) is 1. The first-order valence-corrected chi connectivity index (χ1v) is 6.14. The molecule has 0 bridgehead atoms. The average molecular weight is 260 g/mol. The second-order valence-corrected chi connectivity index (χ2v) is 4.34. The molecule has 19 heavy (non-hydrogen) atoms. The van der Waals surface area contributed by atoms with Crippen LogP contribution in [0.4, 0.5) is 4.39 Å². The fraction of sp³-hybridized carbons (Fsp3) is 0.267. The fourth-order valence-corrected chi connectivity index (χ4v) is 1.85. The van der Waals surface area contributed by atoms with E-state index in [1.807, 2.05) is 31.2 Å². The fourth-order valence-electron chi connectivity index (χ4n) is 1.85. The number of hydrogen-bond acceptors (Lipinski definition) is 3. The lowest BCUT2D eigenvalue weighted by atomic mass is 10.2. The third kappa shape index (κ3) is 3.76. The number of halogens is 1. The van der Waals surface area contributed by atoms with Gasteiger partial charge < -0.3 is 10.1 Å². The summed E-state index contributed by atoms with van der Waals surface area (Å²) in [6.07, 6.45) is 0. The third-order valence-electron chi connectivity index (χ3n) is 2.80. The Hall–Kier alpha value is -1.94. The second-order valence-electron chi connectivity index (χ2n) is 4.34. The van der Waals surface area contributed by atoms with E-state index in [-0.39, 0.29) is 11.6 Å². The molecule has 0 unspecified atom stereocenters. The van der Waals surface area contributed by atoms with Crippen LogP contribution in [-0.4, -0.2) is 12.1 Å². The highest BCUT2D eigenvalue weighted by Crippen LogP contribution is 2.17. The van der Waals surface area contributed by atoms with E-state index in [9.17, 15) is 4.39 Å². The van der Waals surface area contributed by atoms with E-state index in [2.05, 4.69) is 10.3 Å². The minimum atomic E-state index is -0.338. The van der Waals surface area contributed by atoms with Crippen molar-refractivity contribution in [3.63, 3.8) is 0 Å². The van der Waals surface area contributed by atoms with Crippen molar-refractivity contribution >= 4 is 0 Å². The molecule has 1 aromatic heterocycles. The Bertz CT molecular complexity index is 558. The Balaban J connectivity index is 1.90. The predicted octanol–water partition coefficient (Wildman–Crippen LogP) is 2.83. The Morgan fingerprint density at radius 3 is 2.74 bits per heavy atom. The largest absolute Gasteiger partial charge is 0.494 e. The normalized spacial score (nSPS) is 10.5. The number of aryl methyl sites for hydroxylation is 1. The molecule has 4 heteroatoms. The Morgan fingerprint density at radius 2 is 2.05 bits per heavy atom. The summed E-state index contributed by atoms with van der Waals surface area (Å²) in [5, 5.41) is 3.24. The highest BCUT2D eigenvalue weighted by molar-refractivity contribution is 5.29. The van der Waals surface area contributed by atoms with Crippen molar-refractivity contribution in [2.24, 2.45) is 0 Å². The van der Waals surface area contributed by atoms with E-state index < -0.39 is 0 Å². The van der Waals surface area contributed by atoms with E-state index in [1.165, 1.54) is 13.2 Å². The lowest BCUT2D eigenvalue weighted by Crippen LogP contribution is -2.14. The van der Waals surface area contributed by atoms with Gasteiger partial charge in [-0.2, -0.15) is 0 Å². The maximum atomic E-state index is 13.5. The molecule has 0 saturated heterocycles. The van der Waals surface area contributed by atoms with E-state index in [0.717, 1.165) is 17.0 Å². The number of nitrogens with one attached hydrogen (secondary N) is 1. The van der Waals surface area contributed by atoms with Crippen molar-refractivity contribution < 1.29 is 9.13 Å². The van der Waals surface area contributed by atoms with Crippen LogP contribution >= 0.6 is 0 Å². The van der Waals surface area contributed by atoms with Gasteiger partial charge in [0.25, 0.3) is 0 Å². The maximum Gasteiger partial charge on any atom is 0.165 e. The quantitative estimate of drug-likeness (QED) is 0.897. The molecule has 2 aromatic rings. The van der Waals surface area contributed by atoms with Crippen molar-refractivity contribution in [3.05, 3.63) is 59.2 Å². The van der Waals surface area contributed by atoms with Gasteiger partial charge in [0.05, 0.1) is 12.8 Å². The lowest BCUT2D eigenvalue weighted by Gasteiger charge is -2.07. The van der Waals surface area contributed by atoms with Crippen LogP contribution in [-0.2, 0) is 13.1 Å². The van der Waals surface area contributed by atoms with Crippen LogP contribution in [0.25, 0.3) is 0 Å². The summed E-state index contributed by atoms with van der Waals surface area (Å²) >= 11 is 0. The number of pyridine rings is 1. The summed E-state index contributed by atoms with van der Waals surface area (Å²) in [6.45, 7) is 3.22. The van der Waals surface area contributed by atoms with Crippen LogP contribution in [0, 0.1) is 12.7 Å². The highest BCUT2D eigenvalue weighted by Gasteiger charge is 2.03. The molecular weight excluding hydrogens is 243 g/mol. The number of ether oxygens (including phenoxy) is 1. The van der Waals surface area contributed by atoms with Crippen molar-refractivity contribution in [1.29, 1.82) is 0 Å². The zero-order valence-corrected chi connectivity index (χ0v) is 11.1. The first-order chi connectivity index (χ1) is 9.19. The highest BCUT2D eigenvalue weighted by atomic mass is 19.1. The van der Waals surface area contributed by atoms with Crippen LogP contribution in [0.3, 0.4) is 0 Å². The standard InChI is InChI=1S/C15H17FN2O/c1-11-4-3-5-13(18-11)10-17-9-12-6-7-15(19-2)14(16)8-12/h3-8,17H,9-10H2,1-2H3. The molecule has 0 spiro atoms. The van der Waals surface area contributed by atoms with Crippen molar-refractivity contribution in [1.82, 2.24) is 10.3 Å². The Kier molecular flexibility index (Phi) is 4.47. The topological polar surface area (TPSA) is 34.1 Å². The van der Waals surface area contributed by atoms with Crippen LogP contribution in [0.1, 0.15) is 17.0 Å². The van der Waals surface area contributed by atoms with Gasteiger partial charge in [-0.1, -0.05) is 12.1 Å². The number of nitrogens with zero attached hydrogens (tertiary/aromatic N) is 1. The van der Waals surface area contributed by atoms with Gasteiger partial charge in [0.2, 0.25) is 0 Å². The maximum absolute atomic E-state index is 13.5. The van der Waals surface area contributed by atoms with Gasteiger partial charge in [-0.3, -0.25) is 4.98 Å². The van der Waals surface area contributed by atoms with Gasteiger partial charge in [0, 0.05) is 18.8 Å². The molecule has 0 aliphatic rings. The van der Waals surface area contributed by atoms with Crippen LogP contribution in [0.15, 0.2) is 36.4 Å². The summed E-state index contributed by atoms with van der Waals surface area (Å²) in [5.74, 6) is -0.0698. The van der Waals surface area contributed by atoms with E-state index in [4.69, 9.17) is 4.74 Å². The first kappa shape index (κ1) is 13.5. The molecule has 0 aliphatic carbocycles. The number of benzene rings is 1. The molecule has 2 rings (SSSR count). The number of rotatable bonds is 5. The monoisotopic (exact) mass is 260 g/mol. The number of aromatic nitrogens is 1. The summed E-state index contributed by atoms with van der Waals surface area (Å²) < 4.78 is 18.4. The van der Waals surface area contributed by atoms with E-state index in [1.54, 1.807) is 6.07 Å². The van der Waals surface area contributed by atoms with Gasteiger partial charge in [0.15, 0.2) is 11.6 Å². The molecule has 1 aromatic carbocycles. The lowest BCUT2D eigenvalue weighted by molar-refractivity contribution is 0.386. The molecule has 1 N–H and O–H groups in total. The summed E-state index contributed by atoms with van der Waals surface area (Å²) in [6, 6.07) is 10.9. The molecule has 3 nitrogen and oxygen atoms in total. The average Bonchev–Trinajstić information content (AvgIpc) is 2.39. The molecule has 100 valence electrons. The molecule has 1 heterocycles. The molecule has 0 saturated carbocycles. The molecule has 0 aliphatic heterocycles. The zero-order chi connectivity index (χ0) is 13.7. The van der Waals surface area contributed by atoms with E-state index in [0.29, 0.717) is 13.1 Å². The smallest absolute Gasteiger partial charge is 0.165 e. The van der Waals surface area contributed by atoms with Crippen molar-refractivity contribution in [2.75, 3.05) is 7.11 Å². The van der Waals surface area contributed by atoms with Gasteiger partial charge in [-0.25, -0.2) is 4.39 Å². The summed E-state index contributed by atoms with van der Waals surface area (Å²) in [7, 11) is 1.46. The number of methoxy groups -OCH3 is 1. The molecule has 0 radical (unpaired) electrons. The Labute approximate surface area is 112 Å². The van der Waals surface area contributed by atoms with Crippen molar-refractivity contribution in [2.45, 2.75) is 20.0 Å². The van der Waals surface area contributed by atoms with Gasteiger partial charge in [0.1, 0.15) is 0 Å². The predicted molar refractivity (Wildman–Crippen MR) is 72.5 cm³/mol. The van der Waals surface area contributed by atoms with Crippen molar-refractivity contribution in [3.8, 4) is 5.75 Å². The molecule has 0 fully saturated rings. The van der Waals surface area contributed by atoms with Gasteiger partial charge in [-0.15, -0.1) is 0 Å². The second kappa shape index (κ2) is 6.29. The Morgan fingerprint density at radius 1 is 1.21 bits per heavy atom.